The van der Waals surface area contributed by atoms with Gasteiger partial charge in [0.05, 0.1) is 13.2 Å². The predicted molar refractivity (Wildman–Crippen MR) is 73.1 cm³/mol. The Morgan fingerprint density at radius 1 is 1.38 bits per heavy atom. The van der Waals surface area contributed by atoms with Crippen LogP contribution >= 0.6 is 0 Å². The first-order chi connectivity index (χ1) is 9.92. The fourth-order valence-corrected chi connectivity index (χ4v) is 2.72. The van der Waals surface area contributed by atoms with Crippen LogP contribution < -0.4 is 5.32 Å². The highest BCUT2D eigenvalue weighted by Gasteiger charge is 2.39. The topological polar surface area (TPSA) is 95.9 Å². The standard InChI is InChI=1S/C14H22N2O5/c1-8(17)16-7-10(18)6-12(16)13(19)15-11(14(20)21-2)5-9-3-4-9/h9-12,18H,3-7H2,1-2H3,(H,15,19)/t10-,11-,12+/m1/s1. The largest absolute Gasteiger partial charge is 0.467 e. The summed E-state index contributed by atoms with van der Waals surface area (Å²) < 4.78 is 4.72. The van der Waals surface area contributed by atoms with Crippen molar-refractivity contribution in [1.82, 2.24) is 10.2 Å². The Hall–Kier alpha value is -1.63. The Labute approximate surface area is 123 Å². The number of aliphatic hydroxyl groups is 1. The summed E-state index contributed by atoms with van der Waals surface area (Å²) in [6.45, 7) is 1.51. The monoisotopic (exact) mass is 298 g/mol. The van der Waals surface area contributed by atoms with E-state index in [-0.39, 0.29) is 18.9 Å². The molecule has 0 radical (unpaired) electrons. The van der Waals surface area contributed by atoms with E-state index in [4.69, 9.17) is 4.74 Å². The van der Waals surface area contributed by atoms with Crippen molar-refractivity contribution in [3.8, 4) is 0 Å². The molecule has 7 heteroatoms. The molecule has 2 amide bonds. The van der Waals surface area contributed by atoms with Crippen LogP contribution in [0.15, 0.2) is 0 Å². The van der Waals surface area contributed by atoms with Gasteiger partial charge in [0.1, 0.15) is 12.1 Å². The van der Waals surface area contributed by atoms with Crippen molar-refractivity contribution in [2.24, 2.45) is 5.92 Å². The van der Waals surface area contributed by atoms with Gasteiger partial charge < -0.3 is 20.1 Å². The van der Waals surface area contributed by atoms with E-state index in [1.807, 2.05) is 0 Å². The molecule has 1 aliphatic heterocycles. The second-order valence-electron chi connectivity index (χ2n) is 5.84. The van der Waals surface area contributed by atoms with Crippen LogP contribution in [-0.2, 0) is 19.1 Å². The molecule has 0 bridgehead atoms. The molecular formula is C14H22N2O5. The molecule has 1 aliphatic carbocycles. The molecule has 0 aromatic rings. The van der Waals surface area contributed by atoms with E-state index in [1.54, 1.807) is 0 Å². The van der Waals surface area contributed by atoms with E-state index in [9.17, 15) is 19.5 Å². The first-order valence-electron chi connectivity index (χ1n) is 7.25. The fraction of sp³-hybridized carbons (Fsp3) is 0.786. The molecule has 2 aliphatic rings. The maximum absolute atomic E-state index is 12.3. The number of aliphatic hydroxyl groups excluding tert-OH is 1. The van der Waals surface area contributed by atoms with E-state index >= 15 is 0 Å². The summed E-state index contributed by atoms with van der Waals surface area (Å²) in [6.07, 6.45) is 2.18. The van der Waals surface area contributed by atoms with Gasteiger partial charge in [-0.05, 0) is 12.3 Å². The van der Waals surface area contributed by atoms with Crippen molar-refractivity contribution < 1.29 is 24.2 Å². The zero-order chi connectivity index (χ0) is 15.6. The van der Waals surface area contributed by atoms with Gasteiger partial charge in [0.25, 0.3) is 0 Å². The van der Waals surface area contributed by atoms with Crippen LogP contribution in [0.2, 0.25) is 0 Å². The predicted octanol–water partition coefficient (Wildman–Crippen LogP) is -0.574. The molecule has 1 heterocycles. The molecule has 0 unspecified atom stereocenters. The van der Waals surface area contributed by atoms with Gasteiger partial charge in [0, 0.05) is 19.9 Å². The second kappa shape index (κ2) is 6.43. The van der Waals surface area contributed by atoms with Crippen molar-refractivity contribution in [1.29, 1.82) is 0 Å². The van der Waals surface area contributed by atoms with Crippen molar-refractivity contribution >= 4 is 17.8 Å². The maximum Gasteiger partial charge on any atom is 0.328 e. The molecule has 21 heavy (non-hydrogen) atoms. The lowest BCUT2D eigenvalue weighted by molar-refractivity contribution is -0.146. The van der Waals surface area contributed by atoms with Gasteiger partial charge in [-0.2, -0.15) is 0 Å². The Bertz CT molecular complexity index is 435. The summed E-state index contributed by atoms with van der Waals surface area (Å²) in [7, 11) is 1.29. The number of hydrogen-bond acceptors (Lipinski definition) is 5. The highest BCUT2D eigenvalue weighted by atomic mass is 16.5. The third-order valence-electron chi connectivity index (χ3n) is 4.05. The molecule has 1 saturated heterocycles. The fourth-order valence-electron chi connectivity index (χ4n) is 2.72. The Morgan fingerprint density at radius 3 is 2.57 bits per heavy atom. The highest BCUT2D eigenvalue weighted by molar-refractivity contribution is 5.90. The minimum absolute atomic E-state index is 0.152. The molecule has 7 nitrogen and oxygen atoms in total. The molecule has 0 aromatic heterocycles. The van der Waals surface area contributed by atoms with Crippen molar-refractivity contribution in [3.63, 3.8) is 0 Å². The third-order valence-corrected chi connectivity index (χ3v) is 4.05. The van der Waals surface area contributed by atoms with Crippen LogP contribution in [0, 0.1) is 5.92 Å². The molecule has 0 aromatic carbocycles. The van der Waals surface area contributed by atoms with Crippen molar-refractivity contribution in [2.45, 2.75) is 50.8 Å². The number of hydrogen-bond donors (Lipinski definition) is 2. The van der Waals surface area contributed by atoms with Gasteiger partial charge in [-0.15, -0.1) is 0 Å². The summed E-state index contributed by atoms with van der Waals surface area (Å²) in [6, 6.07) is -1.40. The molecule has 2 rings (SSSR count). The number of rotatable bonds is 5. The van der Waals surface area contributed by atoms with Gasteiger partial charge in [-0.1, -0.05) is 12.8 Å². The molecule has 3 atom stereocenters. The molecule has 2 N–H and O–H groups in total. The van der Waals surface area contributed by atoms with Gasteiger partial charge >= 0.3 is 5.97 Å². The van der Waals surface area contributed by atoms with Gasteiger partial charge in [-0.25, -0.2) is 4.79 Å². The van der Waals surface area contributed by atoms with Gasteiger partial charge in [-0.3, -0.25) is 9.59 Å². The summed E-state index contributed by atoms with van der Waals surface area (Å²) >= 11 is 0. The maximum atomic E-state index is 12.3. The van der Waals surface area contributed by atoms with Crippen molar-refractivity contribution in [3.05, 3.63) is 0 Å². The lowest BCUT2D eigenvalue weighted by Gasteiger charge is -2.24. The van der Waals surface area contributed by atoms with Crippen molar-refractivity contribution in [2.75, 3.05) is 13.7 Å². The van der Waals surface area contributed by atoms with E-state index < -0.39 is 30.1 Å². The SMILES string of the molecule is COC(=O)[C@@H](CC1CC1)NC(=O)[C@@H]1C[C@@H](O)CN1C(C)=O. The average Bonchev–Trinajstić information content (AvgIpc) is 3.16. The highest BCUT2D eigenvalue weighted by Crippen LogP contribution is 2.33. The van der Waals surface area contributed by atoms with Gasteiger partial charge in [0.15, 0.2) is 0 Å². The summed E-state index contributed by atoms with van der Waals surface area (Å²) in [4.78, 5) is 36.9. The lowest BCUT2D eigenvalue weighted by atomic mass is 10.1. The zero-order valence-electron chi connectivity index (χ0n) is 12.4. The van der Waals surface area contributed by atoms with Crippen LogP contribution in [0.25, 0.3) is 0 Å². The first-order valence-corrected chi connectivity index (χ1v) is 7.25. The third kappa shape index (κ3) is 3.93. The first kappa shape index (κ1) is 15.8. The Morgan fingerprint density at radius 2 is 2.05 bits per heavy atom. The number of likely N-dealkylation sites (tertiary alicyclic amines) is 1. The van der Waals surface area contributed by atoms with E-state index in [0.717, 1.165) is 12.8 Å². The van der Waals surface area contributed by atoms with Crippen LogP contribution in [0.5, 0.6) is 0 Å². The molecule has 0 spiro atoms. The van der Waals surface area contributed by atoms with E-state index in [2.05, 4.69) is 5.32 Å². The molecule has 1 saturated carbocycles. The van der Waals surface area contributed by atoms with Crippen LogP contribution in [0.1, 0.15) is 32.6 Å². The number of β-amino-alcohol motifs (C(OH)–C–C–N with tert-alkyl or cyclic N) is 1. The van der Waals surface area contributed by atoms with E-state index in [0.29, 0.717) is 12.3 Å². The molecular weight excluding hydrogens is 276 g/mol. The van der Waals surface area contributed by atoms with Crippen LogP contribution in [-0.4, -0.2) is 59.6 Å². The number of ether oxygens (including phenoxy) is 1. The zero-order valence-corrected chi connectivity index (χ0v) is 12.4. The summed E-state index contributed by atoms with van der Waals surface area (Å²) in [5.41, 5.74) is 0. The number of nitrogens with zero attached hydrogens (tertiary/aromatic N) is 1. The van der Waals surface area contributed by atoms with E-state index in [1.165, 1.54) is 18.9 Å². The molecule has 118 valence electrons. The Balaban J connectivity index is 1.99. The Kier molecular flexibility index (Phi) is 4.82. The number of methoxy groups -OCH3 is 1. The normalized spacial score (nSPS) is 26.3. The lowest BCUT2D eigenvalue weighted by Crippen LogP contribution is -2.50. The molecule has 2 fully saturated rings. The quantitative estimate of drug-likeness (QED) is 0.662. The number of carbonyl (C=O) groups is 3. The second-order valence-corrected chi connectivity index (χ2v) is 5.84. The van der Waals surface area contributed by atoms with Gasteiger partial charge in [0.2, 0.25) is 11.8 Å². The van der Waals surface area contributed by atoms with Crippen LogP contribution in [0.3, 0.4) is 0 Å². The van der Waals surface area contributed by atoms with Crippen LogP contribution in [0.4, 0.5) is 0 Å². The number of esters is 1. The summed E-state index contributed by atoms with van der Waals surface area (Å²) in [5.74, 6) is -0.683. The minimum Gasteiger partial charge on any atom is -0.467 e. The number of carbonyl (C=O) groups excluding carboxylic acids is 3. The summed E-state index contributed by atoms with van der Waals surface area (Å²) in [5, 5.41) is 12.3. The smallest absolute Gasteiger partial charge is 0.328 e. The average molecular weight is 298 g/mol. The number of nitrogens with one attached hydrogen (secondary N) is 1. The number of amides is 2. The minimum atomic E-state index is -0.719.